The second kappa shape index (κ2) is 10.5. The van der Waals surface area contributed by atoms with Crippen molar-refractivity contribution >= 4 is 54.9 Å². The van der Waals surface area contributed by atoms with Crippen LogP contribution in [0.3, 0.4) is 0 Å². The Morgan fingerprint density at radius 1 is 0.532 bits per heavy atom. The molecule has 3 heterocycles. The first-order valence-electron chi connectivity index (χ1n) is 16.4. The molecule has 0 aliphatic heterocycles. The minimum atomic E-state index is 0.258. The molecule has 9 rings (SSSR count). The molecule has 6 aromatic carbocycles. The Labute approximate surface area is 272 Å². The zero-order valence-corrected chi connectivity index (χ0v) is 26.9. The summed E-state index contributed by atoms with van der Waals surface area (Å²) >= 11 is 0. The van der Waals surface area contributed by atoms with Gasteiger partial charge in [0.2, 0.25) is 0 Å². The molecule has 0 bridgehead atoms. The van der Waals surface area contributed by atoms with Crippen molar-refractivity contribution in [1.82, 2.24) is 9.55 Å². The van der Waals surface area contributed by atoms with Crippen molar-refractivity contribution in [2.45, 2.75) is 39.5 Å². The molecule has 0 saturated carbocycles. The van der Waals surface area contributed by atoms with E-state index in [-0.39, 0.29) is 11.8 Å². The molecular formula is C43H34N2O2. The molecule has 0 fully saturated rings. The van der Waals surface area contributed by atoms with Crippen molar-refractivity contribution in [3.8, 4) is 28.2 Å². The lowest BCUT2D eigenvalue weighted by atomic mass is 9.88. The summed E-state index contributed by atoms with van der Waals surface area (Å²) in [6.07, 6.45) is 0. The predicted octanol–water partition coefficient (Wildman–Crippen LogP) is 12.4. The second-order valence-electron chi connectivity index (χ2n) is 13.2. The van der Waals surface area contributed by atoms with E-state index in [9.17, 15) is 0 Å². The van der Waals surface area contributed by atoms with Gasteiger partial charge in [0.25, 0.3) is 0 Å². The molecule has 4 heteroatoms. The standard InChI is InChI=1S/C43H34N2O2/c1-25(2)34-22-28(27-20-21-31-29-12-5-9-18-38(29)46-40(31)24-27)23-35(26(3)4)41(34)45-37-17-8-7-16-36(37)44-43(45)33-15-11-14-32-30-13-6-10-19-39(30)47-42(32)33/h5-26H,1-4H3. The number of nitrogens with zero attached hydrogens (tertiary/aromatic N) is 2. The lowest BCUT2D eigenvalue weighted by Crippen LogP contribution is -2.09. The van der Waals surface area contributed by atoms with Gasteiger partial charge < -0.3 is 8.83 Å². The number of fused-ring (bicyclic) bond motifs is 7. The van der Waals surface area contributed by atoms with Crippen LogP contribution in [-0.2, 0) is 0 Å². The topological polar surface area (TPSA) is 44.1 Å². The van der Waals surface area contributed by atoms with E-state index in [0.717, 1.165) is 71.9 Å². The number of benzene rings is 6. The van der Waals surface area contributed by atoms with Gasteiger partial charge in [-0.3, -0.25) is 4.57 Å². The van der Waals surface area contributed by atoms with E-state index < -0.39 is 0 Å². The molecule has 4 nitrogen and oxygen atoms in total. The number of para-hydroxylation sites is 5. The van der Waals surface area contributed by atoms with Gasteiger partial charge in [0.1, 0.15) is 28.2 Å². The molecule has 9 aromatic rings. The van der Waals surface area contributed by atoms with Gasteiger partial charge in [0.15, 0.2) is 0 Å². The van der Waals surface area contributed by atoms with Crippen molar-refractivity contribution in [3.05, 3.63) is 132 Å². The number of imidazole rings is 1. The van der Waals surface area contributed by atoms with Gasteiger partial charge in [-0.2, -0.15) is 0 Å². The summed E-state index contributed by atoms with van der Waals surface area (Å²) in [6.45, 7) is 9.14. The molecule has 0 unspecified atom stereocenters. The molecular weight excluding hydrogens is 576 g/mol. The molecule has 0 N–H and O–H groups in total. The monoisotopic (exact) mass is 610 g/mol. The minimum Gasteiger partial charge on any atom is -0.456 e. The van der Waals surface area contributed by atoms with Crippen molar-refractivity contribution < 1.29 is 8.83 Å². The van der Waals surface area contributed by atoms with Crippen LogP contribution in [0.5, 0.6) is 0 Å². The van der Waals surface area contributed by atoms with Gasteiger partial charge in [0, 0.05) is 21.5 Å². The molecule has 0 saturated heterocycles. The summed E-state index contributed by atoms with van der Waals surface area (Å²) in [4.78, 5) is 5.31. The Morgan fingerprint density at radius 2 is 1.15 bits per heavy atom. The van der Waals surface area contributed by atoms with E-state index in [1.807, 2.05) is 24.3 Å². The molecule has 47 heavy (non-hydrogen) atoms. The van der Waals surface area contributed by atoms with E-state index in [4.69, 9.17) is 13.8 Å². The van der Waals surface area contributed by atoms with Crippen LogP contribution in [0.2, 0.25) is 0 Å². The van der Waals surface area contributed by atoms with E-state index in [2.05, 4.69) is 129 Å². The molecule has 228 valence electrons. The Hall–Kier alpha value is -5.61. The zero-order valence-electron chi connectivity index (χ0n) is 26.9. The number of hydrogen-bond donors (Lipinski definition) is 0. The van der Waals surface area contributed by atoms with Crippen LogP contribution in [0, 0.1) is 0 Å². The van der Waals surface area contributed by atoms with Gasteiger partial charge in [-0.25, -0.2) is 4.98 Å². The first-order valence-corrected chi connectivity index (χ1v) is 16.4. The largest absolute Gasteiger partial charge is 0.456 e. The zero-order chi connectivity index (χ0) is 31.8. The molecule has 3 aromatic heterocycles. The van der Waals surface area contributed by atoms with Gasteiger partial charge in [-0.15, -0.1) is 0 Å². The average Bonchev–Trinajstić information content (AvgIpc) is 3.78. The highest BCUT2D eigenvalue weighted by Crippen LogP contribution is 2.43. The third kappa shape index (κ3) is 4.25. The third-order valence-electron chi connectivity index (χ3n) is 9.55. The quantitative estimate of drug-likeness (QED) is 0.195. The minimum absolute atomic E-state index is 0.258. The van der Waals surface area contributed by atoms with Crippen LogP contribution in [0.1, 0.15) is 50.7 Å². The Balaban J connectivity index is 1.32. The van der Waals surface area contributed by atoms with Crippen LogP contribution < -0.4 is 0 Å². The Morgan fingerprint density at radius 3 is 1.89 bits per heavy atom. The summed E-state index contributed by atoms with van der Waals surface area (Å²) < 4.78 is 15.2. The molecule has 0 amide bonds. The maximum atomic E-state index is 6.55. The lowest BCUT2D eigenvalue weighted by molar-refractivity contribution is 0.669. The maximum absolute atomic E-state index is 6.55. The third-order valence-corrected chi connectivity index (χ3v) is 9.55. The summed E-state index contributed by atoms with van der Waals surface area (Å²) in [5.41, 5.74) is 12.7. The fraction of sp³-hybridized carbons (Fsp3) is 0.140. The number of hydrogen-bond acceptors (Lipinski definition) is 3. The van der Waals surface area contributed by atoms with Crippen molar-refractivity contribution in [3.63, 3.8) is 0 Å². The van der Waals surface area contributed by atoms with E-state index >= 15 is 0 Å². The van der Waals surface area contributed by atoms with Crippen LogP contribution >= 0.6 is 0 Å². The molecule has 0 aliphatic rings. The normalized spacial score (nSPS) is 12.2. The van der Waals surface area contributed by atoms with Crippen LogP contribution in [-0.4, -0.2) is 9.55 Å². The fourth-order valence-electron chi connectivity index (χ4n) is 7.25. The van der Waals surface area contributed by atoms with Gasteiger partial charge in [-0.05, 0) is 88.7 Å². The SMILES string of the molecule is CC(C)c1cc(-c2ccc3c(c2)oc2ccccc23)cc(C(C)C)c1-n1c(-c2cccc3c2oc2ccccc23)nc2ccccc21. The van der Waals surface area contributed by atoms with Crippen molar-refractivity contribution in [2.75, 3.05) is 0 Å². The van der Waals surface area contributed by atoms with E-state index in [1.54, 1.807) is 0 Å². The second-order valence-corrected chi connectivity index (χ2v) is 13.2. The number of rotatable bonds is 5. The average molecular weight is 611 g/mol. The smallest absolute Gasteiger partial charge is 0.149 e. The fourth-order valence-corrected chi connectivity index (χ4v) is 7.25. The highest BCUT2D eigenvalue weighted by molar-refractivity contribution is 6.10. The molecule has 0 spiro atoms. The van der Waals surface area contributed by atoms with Gasteiger partial charge >= 0.3 is 0 Å². The highest BCUT2D eigenvalue weighted by atomic mass is 16.3. The molecule has 0 aliphatic carbocycles. The summed E-state index contributed by atoms with van der Waals surface area (Å²) in [5, 5.41) is 4.50. The molecule has 0 radical (unpaired) electrons. The number of aromatic nitrogens is 2. The first kappa shape index (κ1) is 27.7. The molecule has 0 atom stereocenters. The lowest BCUT2D eigenvalue weighted by Gasteiger charge is -2.24. The van der Waals surface area contributed by atoms with Gasteiger partial charge in [-0.1, -0.05) is 94.4 Å². The Bertz CT molecular complexity index is 2620. The summed E-state index contributed by atoms with van der Waals surface area (Å²) in [7, 11) is 0. The van der Waals surface area contributed by atoms with Crippen molar-refractivity contribution in [2.24, 2.45) is 0 Å². The van der Waals surface area contributed by atoms with Crippen LogP contribution in [0.25, 0.3) is 83.1 Å². The van der Waals surface area contributed by atoms with Crippen LogP contribution in [0.4, 0.5) is 0 Å². The highest BCUT2D eigenvalue weighted by Gasteiger charge is 2.25. The van der Waals surface area contributed by atoms with Gasteiger partial charge in [0.05, 0.1) is 22.3 Å². The summed E-state index contributed by atoms with van der Waals surface area (Å²) in [6, 6.07) is 42.7. The maximum Gasteiger partial charge on any atom is 0.149 e. The van der Waals surface area contributed by atoms with Crippen LogP contribution in [0.15, 0.2) is 130 Å². The first-order chi connectivity index (χ1) is 23.0. The van der Waals surface area contributed by atoms with E-state index in [0.29, 0.717) is 0 Å². The van der Waals surface area contributed by atoms with E-state index in [1.165, 1.54) is 22.4 Å². The number of furan rings is 2. The summed E-state index contributed by atoms with van der Waals surface area (Å²) in [5.74, 6) is 1.40. The Kier molecular flexibility index (Phi) is 6.16. The predicted molar refractivity (Wildman–Crippen MR) is 195 cm³/mol. The van der Waals surface area contributed by atoms with Crippen molar-refractivity contribution in [1.29, 1.82) is 0 Å².